The average molecular weight is 963 g/mol. The van der Waals surface area contributed by atoms with Crippen LogP contribution < -0.4 is 60.9 Å². The standard InChI is InChI=1S/C62H36N4O4P2/c67-71-57-45-31-17-33-49(57)69-55-54-62-56(53(61(55)71)65(41-25-9-3-10-26-41)47-35-37-19-13-15-29-43(37)51(59(47)71)63(45)39-21-5-1-6-22-39)70-50-34-18-32-46-58(50)72(62,68)60-48(66(54)42-27-11-4-12-28-42)36-38-20-14-16-30-44(38)52(60)64(46)40-23-7-2-8-24-40/h1-36H. The molecule has 17 rings (SSSR count). The van der Waals surface area contributed by atoms with E-state index in [0.29, 0.717) is 55.6 Å². The summed E-state index contributed by atoms with van der Waals surface area (Å²) in [4.78, 5) is 8.97. The lowest BCUT2D eigenvalue weighted by molar-refractivity contribution is 0.474. The van der Waals surface area contributed by atoms with Crippen molar-refractivity contribution < 1.29 is 18.6 Å². The van der Waals surface area contributed by atoms with Crippen molar-refractivity contribution in [1.29, 1.82) is 0 Å². The van der Waals surface area contributed by atoms with E-state index in [1.807, 2.05) is 97.1 Å². The second-order valence-corrected chi connectivity index (χ2v) is 24.2. The molecule has 11 aromatic rings. The molecule has 8 nitrogen and oxygen atoms in total. The highest BCUT2D eigenvalue weighted by atomic mass is 31.2. The highest BCUT2D eigenvalue weighted by molar-refractivity contribution is 7.88. The predicted molar refractivity (Wildman–Crippen MR) is 293 cm³/mol. The SMILES string of the molecule is O=P12c3c4cccc3N(c3ccccc3)c3c1c(cc1ccccc31)N(c1ccccc1)c1c3c5c(c(c12)O4)N(c1ccccc1)c1cc2ccccc2c2c1P5(=O)c1c(cccc1N2c1ccccc1)O3. The van der Waals surface area contributed by atoms with Crippen molar-refractivity contribution >= 4 is 136 Å². The summed E-state index contributed by atoms with van der Waals surface area (Å²) in [5.41, 5.74) is 9.47. The average Bonchev–Trinajstić information content (AvgIpc) is 3.43. The van der Waals surface area contributed by atoms with Crippen LogP contribution in [-0.2, 0) is 9.13 Å². The Kier molecular flexibility index (Phi) is 7.33. The summed E-state index contributed by atoms with van der Waals surface area (Å²) >= 11 is 0. The van der Waals surface area contributed by atoms with Crippen LogP contribution in [0.2, 0.25) is 0 Å². The van der Waals surface area contributed by atoms with Crippen molar-refractivity contribution in [2.24, 2.45) is 0 Å². The number of fused-ring (bicyclic) bond motifs is 6. The monoisotopic (exact) mass is 962 g/mol. The van der Waals surface area contributed by atoms with Crippen LogP contribution in [0.5, 0.6) is 23.0 Å². The fourth-order valence-corrected chi connectivity index (χ4v) is 19.9. The first-order chi connectivity index (χ1) is 35.5. The van der Waals surface area contributed by atoms with Gasteiger partial charge < -0.3 is 38.2 Å². The fraction of sp³-hybridized carbons (Fsp3) is 0. The first kappa shape index (κ1) is 39.0. The van der Waals surface area contributed by atoms with E-state index in [-0.39, 0.29) is 0 Å². The van der Waals surface area contributed by atoms with E-state index in [1.54, 1.807) is 0 Å². The zero-order valence-electron chi connectivity index (χ0n) is 38.1. The summed E-state index contributed by atoms with van der Waals surface area (Å²) in [7, 11) is -7.99. The second-order valence-electron chi connectivity index (χ2n) is 19.0. The minimum absolute atomic E-state index is 0.407. The molecule has 6 aliphatic rings. The Hall–Kier alpha value is -8.80. The maximum atomic E-state index is 18.2. The summed E-state index contributed by atoms with van der Waals surface area (Å²) in [5.74, 6) is 1.81. The van der Waals surface area contributed by atoms with Crippen LogP contribution in [0, 0.1) is 0 Å². The Bertz CT molecular complexity index is 4100. The lowest BCUT2D eigenvalue weighted by Gasteiger charge is -2.52. The van der Waals surface area contributed by atoms with Crippen molar-refractivity contribution in [3.8, 4) is 23.0 Å². The highest BCUT2D eigenvalue weighted by Crippen LogP contribution is 2.74. The molecule has 2 unspecified atom stereocenters. The molecule has 11 aromatic carbocycles. The third kappa shape index (κ3) is 4.53. The van der Waals surface area contributed by atoms with Gasteiger partial charge in [-0.05, 0) is 95.7 Å². The molecule has 0 saturated heterocycles. The summed E-state index contributed by atoms with van der Waals surface area (Å²) < 4.78 is 51.7. The Morgan fingerprint density at radius 3 is 1.00 bits per heavy atom. The Balaban J connectivity index is 1.11. The molecular formula is C62H36N4O4P2. The smallest absolute Gasteiger partial charge is 0.186 e. The largest absolute Gasteiger partial charge is 0.453 e. The first-order valence-corrected chi connectivity index (χ1v) is 27.6. The third-order valence-electron chi connectivity index (χ3n) is 15.4. The minimum Gasteiger partial charge on any atom is -0.453 e. The number of hydrogen-bond acceptors (Lipinski definition) is 8. The normalized spacial score (nSPS) is 18.3. The van der Waals surface area contributed by atoms with Crippen molar-refractivity contribution in [2.45, 2.75) is 0 Å². The molecule has 10 heteroatoms. The number of benzene rings is 11. The zero-order chi connectivity index (χ0) is 47.2. The molecule has 0 bridgehead atoms. The van der Waals surface area contributed by atoms with Crippen molar-refractivity contribution in [1.82, 2.24) is 0 Å². The van der Waals surface area contributed by atoms with E-state index in [1.165, 1.54) is 0 Å². The third-order valence-corrected chi connectivity index (χ3v) is 21.8. The van der Waals surface area contributed by atoms with Gasteiger partial charge in [0, 0.05) is 33.5 Å². The number of ether oxygens (including phenoxy) is 2. The van der Waals surface area contributed by atoms with E-state index in [4.69, 9.17) is 9.47 Å². The van der Waals surface area contributed by atoms with E-state index >= 15 is 9.13 Å². The van der Waals surface area contributed by atoms with E-state index in [9.17, 15) is 0 Å². The second kappa shape index (κ2) is 13.5. The molecule has 0 spiro atoms. The molecule has 0 amide bonds. The number of rotatable bonds is 4. The van der Waals surface area contributed by atoms with E-state index < -0.39 is 14.3 Å². The molecule has 6 aliphatic heterocycles. The fourth-order valence-electron chi connectivity index (χ4n) is 12.8. The van der Waals surface area contributed by atoms with Gasteiger partial charge in [0.15, 0.2) is 25.8 Å². The molecule has 0 radical (unpaired) electrons. The molecule has 0 aromatic heterocycles. The molecule has 72 heavy (non-hydrogen) atoms. The first-order valence-electron chi connectivity index (χ1n) is 24.1. The lowest BCUT2D eigenvalue weighted by Crippen LogP contribution is -2.50. The molecular weight excluding hydrogens is 927 g/mol. The quantitative estimate of drug-likeness (QED) is 0.162. The van der Waals surface area contributed by atoms with Gasteiger partial charge in [0.25, 0.3) is 0 Å². The van der Waals surface area contributed by atoms with Gasteiger partial charge in [-0.15, -0.1) is 0 Å². The summed E-state index contributed by atoms with van der Waals surface area (Å²) in [6, 6.07) is 74.4. The van der Waals surface area contributed by atoms with E-state index in [2.05, 4.69) is 141 Å². The van der Waals surface area contributed by atoms with Gasteiger partial charge in [-0.1, -0.05) is 133 Å². The van der Waals surface area contributed by atoms with Crippen LogP contribution >= 0.6 is 14.3 Å². The topological polar surface area (TPSA) is 65.6 Å². The van der Waals surface area contributed by atoms with Gasteiger partial charge in [0.2, 0.25) is 0 Å². The van der Waals surface area contributed by atoms with Crippen molar-refractivity contribution in [3.05, 3.63) is 218 Å². The predicted octanol–water partition coefficient (Wildman–Crippen LogP) is 14.6. The van der Waals surface area contributed by atoms with Crippen LogP contribution in [0.3, 0.4) is 0 Å². The number of anilines is 12. The summed E-state index contributed by atoms with van der Waals surface area (Å²) in [6.45, 7) is 0. The van der Waals surface area contributed by atoms with Gasteiger partial charge in [0.05, 0.1) is 66.0 Å². The Morgan fingerprint density at radius 2 is 0.625 bits per heavy atom. The van der Waals surface area contributed by atoms with E-state index in [0.717, 1.165) is 89.0 Å². The summed E-state index contributed by atoms with van der Waals surface area (Å²) in [5, 5.41) is 7.66. The highest BCUT2D eigenvalue weighted by Gasteiger charge is 2.62. The van der Waals surface area contributed by atoms with Crippen LogP contribution in [-0.4, -0.2) is 0 Å². The van der Waals surface area contributed by atoms with Gasteiger partial charge >= 0.3 is 0 Å². The number of para-hydroxylation sites is 4. The summed E-state index contributed by atoms with van der Waals surface area (Å²) in [6.07, 6.45) is 0. The molecule has 0 fully saturated rings. The molecule has 2 atom stereocenters. The molecule has 6 heterocycles. The van der Waals surface area contributed by atoms with Crippen LogP contribution in [0.4, 0.5) is 68.2 Å². The van der Waals surface area contributed by atoms with Crippen LogP contribution in [0.15, 0.2) is 218 Å². The maximum Gasteiger partial charge on any atom is 0.186 e. The molecule has 338 valence electrons. The van der Waals surface area contributed by atoms with Gasteiger partial charge in [-0.3, -0.25) is 0 Å². The Morgan fingerprint density at radius 1 is 0.292 bits per heavy atom. The van der Waals surface area contributed by atoms with Crippen LogP contribution in [0.25, 0.3) is 21.5 Å². The maximum absolute atomic E-state index is 18.2. The lowest BCUT2D eigenvalue weighted by atomic mass is 10.0. The minimum atomic E-state index is -4.00. The van der Waals surface area contributed by atoms with Crippen molar-refractivity contribution in [2.75, 3.05) is 19.6 Å². The number of nitrogens with zero attached hydrogens (tertiary/aromatic N) is 4. The molecule has 0 saturated carbocycles. The van der Waals surface area contributed by atoms with Gasteiger partial charge in [-0.2, -0.15) is 0 Å². The number of hydrogen-bond donors (Lipinski definition) is 0. The molecule has 0 N–H and O–H groups in total. The Labute approximate surface area is 413 Å². The van der Waals surface area contributed by atoms with Crippen molar-refractivity contribution in [3.63, 3.8) is 0 Å². The molecule has 0 aliphatic carbocycles. The van der Waals surface area contributed by atoms with Crippen LogP contribution in [0.1, 0.15) is 0 Å². The van der Waals surface area contributed by atoms with Gasteiger partial charge in [0.1, 0.15) is 22.9 Å². The van der Waals surface area contributed by atoms with Gasteiger partial charge in [-0.25, -0.2) is 0 Å². The zero-order valence-corrected chi connectivity index (χ0v) is 39.9.